The van der Waals surface area contributed by atoms with E-state index in [0.717, 1.165) is 64.2 Å². The van der Waals surface area contributed by atoms with E-state index < -0.39 is 51.1 Å². The van der Waals surface area contributed by atoms with Gasteiger partial charge in [0.05, 0.1) is 13.2 Å². The number of nitrogens with two attached hydrogens (primary N) is 1. The van der Waals surface area contributed by atoms with Crippen molar-refractivity contribution in [2.45, 2.75) is 180 Å². The topological polar surface area (TPSA) is 172 Å². The molecule has 0 aliphatic heterocycles. The standard InChI is InChI=1S/C42H74NO10P/c1-3-5-7-9-11-13-15-17-18-19-20-22-24-26-28-30-32-34-41(45)53-38(36-51-54(48,49)52-37-39(43)42(46)47)35-50-40(44)33-31-29-27-25-23-21-16-14-12-10-8-6-4-2/h7,9,13,15,18-19,22,24,38-39H,3-6,8,10-12,14,16-17,20-21,23,25-37,43H2,1-2H3,(H,46,47)(H,48,49)/b9-7+,15-13+,19-18+,24-22+/t38-,39+/m1/s1. The minimum Gasteiger partial charge on any atom is -0.480 e. The number of phosphoric acid groups is 1. The van der Waals surface area contributed by atoms with Crippen molar-refractivity contribution in [3.8, 4) is 0 Å². The highest BCUT2D eigenvalue weighted by atomic mass is 31.2. The van der Waals surface area contributed by atoms with Crippen molar-refractivity contribution >= 4 is 25.7 Å². The Hall–Kier alpha value is -2.56. The van der Waals surface area contributed by atoms with Crippen LogP contribution in [0, 0.1) is 0 Å². The first-order chi connectivity index (χ1) is 26.1. The van der Waals surface area contributed by atoms with Crippen molar-refractivity contribution < 1.29 is 47.5 Å². The molecule has 0 rings (SSSR count). The Bertz CT molecular complexity index is 1110. The number of ether oxygens (including phenoxy) is 2. The molecule has 54 heavy (non-hydrogen) atoms. The third kappa shape index (κ3) is 36.4. The van der Waals surface area contributed by atoms with Gasteiger partial charge in [-0.25, -0.2) is 4.57 Å². The molecule has 0 radical (unpaired) electrons. The molecule has 3 atom stereocenters. The SMILES string of the molecule is CCC/C=C/C/C=C/C/C=C/C/C=C/CCCCCC(=O)O[C@H](COC(=O)CCCCCCCCCCCCCCC)COP(=O)(O)OC[C@H](N)C(=O)O. The summed E-state index contributed by atoms with van der Waals surface area (Å²) >= 11 is 0. The van der Waals surface area contributed by atoms with E-state index in [1.807, 2.05) is 0 Å². The van der Waals surface area contributed by atoms with Crippen LogP contribution in [0.15, 0.2) is 48.6 Å². The summed E-state index contributed by atoms with van der Waals surface area (Å²) in [4.78, 5) is 45.8. The molecule has 0 aliphatic carbocycles. The molecule has 0 aromatic heterocycles. The van der Waals surface area contributed by atoms with Gasteiger partial charge in [-0.05, 0) is 51.4 Å². The van der Waals surface area contributed by atoms with Crippen LogP contribution in [-0.2, 0) is 37.5 Å². The van der Waals surface area contributed by atoms with Crippen LogP contribution in [0.3, 0.4) is 0 Å². The zero-order valence-corrected chi connectivity index (χ0v) is 34.4. The van der Waals surface area contributed by atoms with Gasteiger partial charge < -0.3 is 25.2 Å². The summed E-state index contributed by atoms with van der Waals surface area (Å²) in [5.41, 5.74) is 5.32. The molecule has 0 saturated carbocycles. The molecule has 312 valence electrons. The second-order valence-electron chi connectivity index (χ2n) is 13.8. The number of carbonyl (C=O) groups is 3. The van der Waals surface area contributed by atoms with Gasteiger partial charge in [-0.15, -0.1) is 0 Å². The molecule has 0 aliphatic rings. The third-order valence-corrected chi connectivity index (χ3v) is 9.51. The minimum absolute atomic E-state index is 0.124. The first-order valence-electron chi connectivity index (χ1n) is 20.7. The second kappa shape index (κ2) is 37.4. The molecule has 4 N–H and O–H groups in total. The average molecular weight is 784 g/mol. The highest BCUT2D eigenvalue weighted by Gasteiger charge is 2.28. The molecule has 1 unspecified atom stereocenters. The van der Waals surface area contributed by atoms with Crippen LogP contribution < -0.4 is 5.73 Å². The smallest absolute Gasteiger partial charge is 0.472 e. The Morgan fingerprint density at radius 1 is 0.574 bits per heavy atom. The number of carboxylic acid groups (broad SMARTS) is 1. The molecule has 11 nitrogen and oxygen atoms in total. The molecule has 0 spiro atoms. The number of carboxylic acids is 1. The number of rotatable bonds is 38. The predicted octanol–water partition coefficient (Wildman–Crippen LogP) is 10.6. The van der Waals surface area contributed by atoms with E-state index in [0.29, 0.717) is 12.8 Å². The lowest BCUT2D eigenvalue weighted by atomic mass is 10.0. The summed E-state index contributed by atoms with van der Waals surface area (Å²) < 4.78 is 32.6. The molecule has 12 heteroatoms. The van der Waals surface area contributed by atoms with E-state index in [-0.39, 0.29) is 19.4 Å². The zero-order chi connectivity index (χ0) is 40.0. The Kier molecular flexibility index (Phi) is 35.6. The van der Waals surface area contributed by atoms with Crippen LogP contribution in [0.4, 0.5) is 0 Å². The van der Waals surface area contributed by atoms with E-state index in [2.05, 4.69) is 67.0 Å². The molecule has 0 saturated heterocycles. The first-order valence-corrected chi connectivity index (χ1v) is 22.2. The summed E-state index contributed by atoms with van der Waals surface area (Å²) in [5, 5.41) is 8.87. The Morgan fingerprint density at radius 3 is 1.54 bits per heavy atom. The number of aliphatic carboxylic acids is 1. The monoisotopic (exact) mass is 784 g/mol. The fraction of sp³-hybridized carbons (Fsp3) is 0.738. The maximum Gasteiger partial charge on any atom is 0.472 e. The average Bonchev–Trinajstić information content (AvgIpc) is 3.14. The van der Waals surface area contributed by atoms with Gasteiger partial charge >= 0.3 is 25.7 Å². The van der Waals surface area contributed by atoms with Gasteiger partial charge in [0.1, 0.15) is 12.6 Å². The largest absolute Gasteiger partial charge is 0.480 e. The lowest BCUT2D eigenvalue weighted by molar-refractivity contribution is -0.161. The molecule has 0 aromatic rings. The fourth-order valence-electron chi connectivity index (χ4n) is 5.29. The maximum atomic E-state index is 12.6. The summed E-state index contributed by atoms with van der Waals surface area (Å²) in [6, 6.07) is -1.53. The van der Waals surface area contributed by atoms with Gasteiger partial charge in [-0.3, -0.25) is 23.4 Å². The Labute approximate surface area is 326 Å². The van der Waals surface area contributed by atoms with Crippen molar-refractivity contribution in [2.75, 3.05) is 19.8 Å². The minimum atomic E-state index is -4.72. The molecule has 0 fully saturated rings. The molecular formula is C42H74NO10P. The third-order valence-electron chi connectivity index (χ3n) is 8.56. The quantitative estimate of drug-likeness (QED) is 0.0235. The zero-order valence-electron chi connectivity index (χ0n) is 33.6. The number of hydrogen-bond donors (Lipinski definition) is 3. The number of hydrogen-bond acceptors (Lipinski definition) is 9. The summed E-state index contributed by atoms with van der Waals surface area (Å²) in [5.74, 6) is -2.42. The fourth-order valence-corrected chi connectivity index (χ4v) is 6.07. The molecular weight excluding hydrogens is 709 g/mol. The predicted molar refractivity (Wildman–Crippen MR) is 217 cm³/mol. The summed E-state index contributed by atoms with van der Waals surface area (Å²) in [6.45, 7) is 2.69. The number of allylic oxidation sites excluding steroid dienone is 8. The number of esters is 2. The van der Waals surface area contributed by atoms with Crippen molar-refractivity contribution in [3.05, 3.63) is 48.6 Å². The second-order valence-corrected chi connectivity index (χ2v) is 15.2. The highest BCUT2D eigenvalue weighted by molar-refractivity contribution is 7.47. The van der Waals surface area contributed by atoms with E-state index in [4.69, 9.17) is 24.8 Å². The van der Waals surface area contributed by atoms with Crippen molar-refractivity contribution in [2.24, 2.45) is 5.73 Å². The van der Waals surface area contributed by atoms with Crippen molar-refractivity contribution in [1.82, 2.24) is 0 Å². The van der Waals surface area contributed by atoms with Crippen LogP contribution in [0.1, 0.15) is 168 Å². The van der Waals surface area contributed by atoms with Crippen LogP contribution >= 0.6 is 7.82 Å². The van der Waals surface area contributed by atoms with Crippen molar-refractivity contribution in [1.29, 1.82) is 0 Å². The van der Waals surface area contributed by atoms with E-state index in [1.165, 1.54) is 64.2 Å². The first kappa shape index (κ1) is 51.4. The molecule has 0 bridgehead atoms. The van der Waals surface area contributed by atoms with E-state index >= 15 is 0 Å². The number of unbranched alkanes of at least 4 members (excludes halogenated alkanes) is 16. The Balaban J connectivity index is 4.46. The Morgan fingerprint density at radius 2 is 1.02 bits per heavy atom. The molecule has 0 aromatic carbocycles. The normalized spacial score (nSPS) is 14.3. The van der Waals surface area contributed by atoms with Crippen LogP contribution in [0.5, 0.6) is 0 Å². The van der Waals surface area contributed by atoms with Gasteiger partial charge in [0.25, 0.3) is 0 Å². The summed E-state index contributed by atoms with van der Waals surface area (Å²) in [7, 11) is -4.72. The molecule has 0 amide bonds. The van der Waals surface area contributed by atoms with Crippen LogP contribution in [0.25, 0.3) is 0 Å². The van der Waals surface area contributed by atoms with Gasteiger partial charge in [0.15, 0.2) is 6.10 Å². The van der Waals surface area contributed by atoms with Crippen molar-refractivity contribution in [3.63, 3.8) is 0 Å². The number of carbonyl (C=O) groups excluding carboxylic acids is 2. The van der Waals surface area contributed by atoms with Crippen LogP contribution in [0.2, 0.25) is 0 Å². The van der Waals surface area contributed by atoms with Crippen LogP contribution in [-0.4, -0.2) is 59.9 Å². The summed E-state index contributed by atoms with van der Waals surface area (Å²) in [6.07, 6.45) is 40.3. The number of phosphoric ester groups is 1. The van der Waals surface area contributed by atoms with E-state index in [9.17, 15) is 23.8 Å². The highest BCUT2D eigenvalue weighted by Crippen LogP contribution is 2.43. The van der Waals surface area contributed by atoms with Gasteiger partial charge in [0.2, 0.25) is 0 Å². The maximum absolute atomic E-state index is 12.6. The van der Waals surface area contributed by atoms with E-state index in [1.54, 1.807) is 0 Å². The lowest BCUT2D eigenvalue weighted by Crippen LogP contribution is -2.34. The van der Waals surface area contributed by atoms with Gasteiger partial charge in [-0.1, -0.05) is 152 Å². The van der Waals surface area contributed by atoms with Gasteiger partial charge in [-0.2, -0.15) is 0 Å². The van der Waals surface area contributed by atoms with Gasteiger partial charge in [0, 0.05) is 12.8 Å². The molecule has 0 heterocycles. The lowest BCUT2D eigenvalue weighted by Gasteiger charge is -2.20.